The molecule has 27 heavy (non-hydrogen) atoms. The van der Waals surface area contributed by atoms with Crippen LogP contribution in [-0.2, 0) is 16.0 Å². The molecule has 3 rings (SSSR count). The highest BCUT2D eigenvalue weighted by molar-refractivity contribution is 6.28. The molecule has 0 radical (unpaired) electrons. The van der Waals surface area contributed by atoms with Crippen molar-refractivity contribution < 1.29 is 28.3 Å². The minimum Gasteiger partial charge on any atom is -0.478 e. The second kappa shape index (κ2) is 7.74. The topological polar surface area (TPSA) is 97.5 Å². The molecule has 1 aromatic carbocycles. The second-order valence-corrected chi connectivity index (χ2v) is 5.84. The predicted molar refractivity (Wildman–Crippen MR) is 92.0 cm³/mol. The maximum Gasteiger partial charge on any atom is 0.335 e. The lowest BCUT2D eigenvalue weighted by Crippen LogP contribution is -2.16. The van der Waals surface area contributed by atoms with Gasteiger partial charge in [-0.25, -0.2) is 9.18 Å². The maximum atomic E-state index is 13.0. The third-order valence-electron chi connectivity index (χ3n) is 3.98. The van der Waals surface area contributed by atoms with Gasteiger partial charge in [0.05, 0.1) is 11.3 Å². The number of aromatic nitrogens is 1. The molecule has 136 valence electrons. The highest BCUT2D eigenvalue weighted by atomic mass is 19.1. The van der Waals surface area contributed by atoms with Gasteiger partial charge >= 0.3 is 5.97 Å². The van der Waals surface area contributed by atoms with Gasteiger partial charge in [-0.1, -0.05) is 12.1 Å². The van der Waals surface area contributed by atoms with Crippen LogP contribution in [0.5, 0.6) is 0 Å². The van der Waals surface area contributed by atoms with Gasteiger partial charge in [-0.05, 0) is 42.0 Å². The quantitative estimate of drug-likeness (QED) is 0.509. The lowest BCUT2D eigenvalue weighted by Gasteiger charge is -2.10. The summed E-state index contributed by atoms with van der Waals surface area (Å²) in [6, 6.07) is 11.6. The molecule has 7 heteroatoms. The van der Waals surface area contributed by atoms with Crippen LogP contribution in [0.15, 0.2) is 59.1 Å². The zero-order valence-electron chi connectivity index (χ0n) is 14.0. The Balaban J connectivity index is 1.92. The molecular formula is C20H14FNO5. The third kappa shape index (κ3) is 4.14. The van der Waals surface area contributed by atoms with Crippen LogP contribution < -0.4 is 0 Å². The minimum absolute atomic E-state index is 0.0539. The molecule has 0 saturated carbocycles. The number of carbonyl (C=O) groups excluding carboxylic acids is 2. The van der Waals surface area contributed by atoms with E-state index in [1.54, 1.807) is 24.3 Å². The summed E-state index contributed by atoms with van der Waals surface area (Å²) in [4.78, 5) is 38.4. The van der Waals surface area contributed by atoms with E-state index in [0.717, 1.165) is 5.56 Å². The number of carbonyl (C=O) groups is 3. The summed E-state index contributed by atoms with van der Waals surface area (Å²) in [6.07, 6.45) is 1.78. The summed E-state index contributed by atoms with van der Waals surface area (Å²) >= 11 is 0. The van der Waals surface area contributed by atoms with Crippen molar-refractivity contribution >= 4 is 18.0 Å². The molecule has 6 nitrogen and oxygen atoms in total. The monoisotopic (exact) mass is 367 g/mol. The Bertz CT molecular complexity index is 994. The SMILES string of the molecule is O=CC(=O)C(c1cc(C(=O)O)ccn1)c1ccc(Cc2ccc(F)cc2)o1. The molecule has 1 N–H and O–H groups in total. The summed E-state index contributed by atoms with van der Waals surface area (Å²) in [7, 11) is 0. The highest BCUT2D eigenvalue weighted by Gasteiger charge is 2.27. The zero-order valence-corrected chi connectivity index (χ0v) is 14.0. The molecule has 1 unspecified atom stereocenters. The number of halogens is 1. The van der Waals surface area contributed by atoms with Gasteiger partial charge in [0.25, 0.3) is 0 Å². The number of nitrogens with zero attached hydrogens (tertiary/aromatic N) is 1. The first-order chi connectivity index (χ1) is 13.0. The van der Waals surface area contributed by atoms with E-state index in [0.29, 0.717) is 12.2 Å². The first-order valence-corrected chi connectivity index (χ1v) is 7.99. The molecule has 0 aliphatic rings. The molecular weight excluding hydrogens is 353 g/mol. The molecule has 0 saturated heterocycles. The number of pyridine rings is 1. The first kappa shape index (κ1) is 18.2. The number of carboxylic acid groups (broad SMARTS) is 1. The number of ketones is 1. The lowest BCUT2D eigenvalue weighted by molar-refractivity contribution is -0.130. The molecule has 2 heterocycles. The first-order valence-electron chi connectivity index (χ1n) is 7.99. The number of rotatable bonds is 7. The number of furan rings is 1. The summed E-state index contributed by atoms with van der Waals surface area (Å²) in [5.74, 6) is -2.77. The number of aromatic carboxylic acids is 1. The Labute approximate surface area is 153 Å². The van der Waals surface area contributed by atoms with Gasteiger partial charge in [0.15, 0.2) is 6.29 Å². The van der Waals surface area contributed by atoms with Crippen molar-refractivity contribution in [1.82, 2.24) is 4.98 Å². The van der Waals surface area contributed by atoms with Crippen LogP contribution in [0.4, 0.5) is 4.39 Å². The van der Waals surface area contributed by atoms with E-state index in [1.165, 1.54) is 30.5 Å². The third-order valence-corrected chi connectivity index (χ3v) is 3.98. The average Bonchev–Trinajstić information content (AvgIpc) is 3.11. The van der Waals surface area contributed by atoms with Crippen molar-refractivity contribution in [1.29, 1.82) is 0 Å². The molecule has 2 aromatic heterocycles. The predicted octanol–water partition coefficient (Wildman–Crippen LogP) is 3.00. The van der Waals surface area contributed by atoms with Crippen molar-refractivity contribution in [2.24, 2.45) is 0 Å². The number of hydrogen-bond acceptors (Lipinski definition) is 5. The van der Waals surface area contributed by atoms with Crippen LogP contribution in [0, 0.1) is 5.82 Å². The van der Waals surface area contributed by atoms with E-state index < -0.39 is 17.7 Å². The fourth-order valence-electron chi connectivity index (χ4n) is 2.69. The van der Waals surface area contributed by atoms with E-state index in [9.17, 15) is 18.8 Å². The van der Waals surface area contributed by atoms with Crippen LogP contribution in [0.3, 0.4) is 0 Å². The van der Waals surface area contributed by atoms with E-state index in [-0.39, 0.29) is 29.1 Å². The molecule has 0 fully saturated rings. The van der Waals surface area contributed by atoms with E-state index in [1.807, 2.05) is 0 Å². The lowest BCUT2D eigenvalue weighted by atomic mass is 9.96. The number of aldehydes is 1. The van der Waals surface area contributed by atoms with Gasteiger partial charge in [0.1, 0.15) is 23.3 Å². The molecule has 0 amide bonds. The van der Waals surface area contributed by atoms with Gasteiger partial charge in [0.2, 0.25) is 5.78 Å². The standard InChI is InChI=1S/C20H14FNO5/c21-14-3-1-12(2-4-14)9-15-5-6-18(27-15)19(17(24)11-23)16-10-13(20(25)26)7-8-22-16/h1-8,10-11,19H,9H2,(H,25,26). The largest absolute Gasteiger partial charge is 0.478 e. The zero-order chi connectivity index (χ0) is 19.4. The van der Waals surface area contributed by atoms with Crippen LogP contribution >= 0.6 is 0 Å². The van der Waals surface area contributed by atoms with Gasteiger partial charge in [-0.2, -0.15) is 0 Å². The van der Waals surface area contributed by atoms with Crippen molar-refractivity contribution in [2.45, 2.75) is 12.3 Å². The van der Waals surface area contributed by atoms with Crippen molar-refractivity contribution in [3.63, 3.8) is 0 Å². The molecule has 0 aliphatic heterocycles. The smallest absolute Gasteiger partial charge is 0.335 e. The highest BCUT2D eigenvalue weighted by Crippen LogP contribution is 2.27. The van der Waals surface area contributed by atoms with Crippen molar-refractivity contribution in [2.75, 3.05) is 0 Å². The molecule has 0 bridgehead atoms. The van der Waals surface area contributed by atoms with Crippen LogP contribution in [0.25, 0.3) is 0 Å². The van der Waals surface area contributed by atoms with Gasteiger partial charge in [0, 0.05) is 12.6 Å². The molecule has 1 atom stereocenters. The number of hydrogen-bond donors (Lipinski definition) is 1. The van der Waals surface area contributed by atoms with Crippen molar-refractivity contribution in [3.05, 3.63) is 88.9 Å². The Morgan fingerprint density at radius 2 is 1.89 bits per heavy atom. The Hall–Kier alpha value is -3.61. The molecule has 0 aliphatic carbocycles. The fourth-order valence-corrected chi connectivity index (χ4v) is 2.69. The molecule has 3 aromatic rings. The van der Waals surface area contributed by atoms with E-state index in [4.69, 9.17) is 9.52 Å². The van der Waals surface area contributed by atoms with E-state index >= 15 is 0 Å². The summed E-state index contributed by atoms with van der Waals surface area (Å²) in [6.45, 7) is 0. The summed E-state index contributed by atoms with van der Waals surface area (Å²) < 4.78 is 18.7. The van der Waals surface area contributed by atoms with E-state index in [2.05, 4.69) is 4.98 Å². The number of carboxylic acids is 1. The van der Waals surface area contributed by atoms with Crippen molar-refractivity contribution in [3.8, 4) is 0 Å². The van der Waals surface area contributed by atoms with Crippen LogP contribution in [0.1, 0.15) is 39.1 Å². The maximum absolute atomic E-state index is 13.0. The Morgan fingerprint density at radius 3 is 2.56 bits per heavy atom. The van der Waals surface area contributed by atoms with Gasteiger partial charge in [-0.3, -0.25) is 14.6 Å². The molecule has 0 spiro atoms. The number of benzene rings is 1. The van der Waals surface area contributed by atoms with Crippen LogP contribution in [-0.4, -0.2) is 28.1 Å². The number of Topliss-reactive ketones (excluding diaryl/α,β-unsaturated/α-hetero) is 1. The average molecular weight is 367 g/mol. The second-order valence-electron chi connectivity index (χ2n) is 5.84. The minimum atomic E-state index is -1.17. The fraction of sp³-hybridized carbons (Fsp3) is 0.100. The van der Waals surface area contributed by atoms with Crippen LogP contribution in [0.2, 0.25) is 0 Å². The Morgan fingerprint density at radius 1 is 1.15 bits per heavy atom. The summed E-state index contributed by atoms with van der Waals surface area (Å²) in [5.41, 5.74) is 0.859. The normalized spacial score (nSPS) is 11.7. The van der Waals surface area contributed by atoms with Gasteiger partial charge < -0.3 is 9.52 Å². The van der Waals surface area contributed by atoms with Gasteiger partial charge in [-0.15, -0.1) is 0 Å². The Kier molecular flexibility index (Phi) is 5.21. The summed E-state index contributed by atoms with van der Waals surface area (Å²) in [5, 5.41) is 9.11.